The minimum Gasteiger partial charge on any atom is -0.444 e. The van der Waals surface area contributed by atoms with E-state index in [0.717, 1.165) is 47.8 Å². The topological polar surface area (TPSA) is 74.3 Å². The molecule has 28 heavy (non-hydrogen) atoms. The van der Waals surface area contributed by atoms with Gasteiger partial charge in [-0.15, -0.1) is 0 Å². The Balaban J connectivity index is 1.18. The van der Waals surface area contributed by atoms with E-state index in [0.29, 0.717) is 22.8 Å². The van der Waals surface area contributed by atoms with Crippen LogP contribution in [0, 0.1) is 16.7 Å². The number of piperidine rings is 1. The first kappa shape index (κ1) is 18.4. The van der Waals surface area contributed by atoms with Crippen LogP contribution in [0.3, 0.4) is 0 Å². The minimum absolute atomic E-state index is 0.312. The van der Waals surface area contributed by atoms with Crippen molar-refractivity contribution in [1.29, 1.82) is 5.26 Å². The number of fused-ring (bicyclic) bond motifs is 1. The molecule has 0 amide bonds. The van der Waals surface area contributed by atoms with E-state index in [1.807, 2.05) is 6.07 Å². The molecule has 3 fully saturated rings. The quantitative estimate of drug-likeness (QED) is 0.760. The SMILES string of the molecule is N#Cc1cc2c(Br)c(NC3CCC(N4CCC5(CC4)COC5)CC3)ncc2o1. The van der Waals surface area contributed by atoms with Gasteiger partial charge in [0.05, 0.1) is 23.9 Å². The molecule has 2 aliphatic heterocycles. The van der Waals surface area contributed by atoms with Crippen molar-refractivity contribution in [3.05, 3.63) is 22.5 Å². The van der Waals surface area contributed by atoms with Gasteiger partial charge in [0.1, 0.15) is 11.9 Å². The first-order valence-corrected chi connectivity index (χ1v) is 11.0. The predicted molar refractivity (Wildman–Crippen MR) is 110 cm³/mol. The molecular formula is C21H25BrN4O2. The number of likely N-dealkylation sites (tertiary alicyclic amines) is 1. The molecular weight excluding hydrogens is 420 g/mol. The second-order valence-electron chi connectivity index (χ2n) is 8.60. The third-order valence-electron chi connectivity index (χ3n) is 6.86. The molecule has 1 aliphatic carbocycles. The highest BCUT2D eigenvalue weighted by Gasteiger charge is 2.42. The third-order valence-corrected chi connectivity index (χ3v) is 7.66. The maximum absolute atomic E-state index is 9.03. The number of hydrogen-bond acceptors (Lipinski definition) is 6. The van der Waals surface area contributed by atoms with Crippen molar-refractivity contribution >= 4 is 32.7 Å². The average Bonchev–Trinajstić information content (AvgIpc) is 3.14. The highest BCUT2D eigenvalue weighted by Crippen LogP contribution is 2.40. The summed E-state index contributed by atoms with van der Waals surface area (Å²) in [6.07, 6.45) is 9.11. The summed E-state index contributed by atoms with van der Waals surface area (Å²) < 4.78 is 11.8. The largest absolute Gasteiger partial charge is 0.444 e. The second-order valence-corrected chi connectivity index (χ2v) is 9.39. The number of nitriles is 1. The summed E-state index contributed by atoms with van der Waals surface area (Å²) in [5.74, 6) is 1.15. The summed E-state index contributed by atoms with van der Waals surface area (Å²) in [6.45, 7) is 4.43. The van der Waals surface area contributed by atoms with E-state index in [4.69, 9.17) is 14.4 Å². The molecule has 0 aromatic carbocycles. The summed E-state index contributed by atoms with van der Waals surface area (Å²) in [5, 5.41) is 13.5. The molecule has 6 nitrogen and oxygen atoms in total. The van der Waals surface area contributed by atoms with Crippen molar-refractivity contribution in [2.24, 2.45) is 5.41 Å². The number of hydrogen-bond donors (Lipinski definition) is 1. The molecule has 1 saturated carbocycles. The zero-order chi connectivity index (χ0) is 19.1. The van der Waals surface area contributed by atoms with Gasteiger partial charge < -0.3 is 19.4 Å². The van der Waals surface area contributed by atoms with Crippen LogP contribution in [0.25, 0.3) is 11.0 Å². The van der Waals surface area contributed by atoms with Gasteiger partial charge in [-0.2, -0.15) is 5.26 Å². The van der Waals surface area contributed by atoms with Crippen molar-refractivity contribution in [3.8, 4) is 6.07 Å². The van der Waals surface area contributed by atoms with Crippen molar-refractivity contribution in [2.45, 2.75) is 50.6 Å². The molecule has 1 N–H and O–H groups in total. The molecule has 3 aliphatic rings. The van der Waals surface area contributed by atoms with Gasteiger partial charge in [-0.3, -0.25) is 0 Å². The van der Waals surface area contributed by atoms with Crippen LogP contribution in [0.15, 0.2) is 21.2 Å². The number of nitrogens with one attached hydrogen (secondary N) is 1. The van der Waals surface area contributed by atoms with E-state index in [9.17, 15) is 0 Å². The highest BCUT2D eigenvalue weighted by molar-refractivity contribution is 9.10. The number of nitrogens with zero attached hydrogens (tertiary/aromatic N) is 3. The zero-order valence-electron chi connectivity index (χ0n) is 15.9. The normalized spacial score (nSPS) is 27.4. The monoisotopic (exact) mass is 444 g/mol. The van der Waals surface area contributed by atoms with E-state index in [1.54, 1.807) is 12.3 Å². The Hall–Kier alpha value is -1.62. The van der Waals surface area contributed by atoms with Gasteiger partial charge in [-0.25, -0.2) is 4.98 Å². The van der Waals surface area contributed by atoms with Gasteiger partial charge in [-0.05, 0) is 67.5 Å². The summed E-state index contributed by atoms with van der Waals surface area (Å²) in [7, 11) is 0. The molecule has 7 heteroatoms. The van der Waals surface area contributed by atoms with Crippen LogP contribution in [-0.2, 0) is 4.74 Å². The summed E-state index contributed by atoms with van der Waals surface area (Å²) in [5.41, 5.74) is 1.15. The number of ether oxygens (including phenoxy) is 1. The van der Waals surface area contributed by atoms with Crippen LogP contribution in [-0.4, -0.2) is 48.3 Å². The minimum atomic E-state index is 0.312. The number of pyridine rings is 1. The van der Waals surface area contributed by atoms with E-state index < -0.39 is 0 Å². The van der Waals surface area contributed by atoms with Crippen molar-refractivity contribution in [3.63, 3.8) is 0 Å². The lowest BCUT2D eigenvalue weighted by molar-refractivity contribution is -0.143. The number of rotatable bonds is 3. The number of furan rings is 1. The van der Waals surface area contributed by atoms with Gasteiger partial charge in [0.15, 0.2) is 5.58 Å². The Morgan fingerprint density at radius 3 is 2.61 bits per heavy atom. The van der Waals surface area contributed by atoms with E-state index in [1.165, 1.54) is 38.8 Å². The fraction of sp³-hybridized carbons (Fsp3) is 0.619. The van der Waals surface area contributed by atoms with E-state index in [2.05, 4.69) is 31.1 Å². The van der Waals surface area contributed by atoms with Gasteiger partial charge >= 0.3 is 0 Å². The fourth-order valence-electron chi connectivity index (χ4n) is 4.96. The molecule has 2 aromatic heterocycles. The number of aromatic nitrogens is 1. The lowest BCUT2D eigenvalue weighted by Gasteiger charge is -2.49. The molecule has 5 rings (SSSR count). The van der Waals surface area contributed by atoms with Crippen LogP contribution in [0.4, 0.5) is 5.82 Å². The molecule has 4 heterocycles. The van der Waals surface area contributed by atoms with Crippen LogP contribution in [0.1, 0.15) is 44.3 Å². The van der Waals surface area contributed by atoms with Crippen LogP contribution < -0.4 is 5.32 Å². The Labute approximate surface area is 173 Å². The summed E-state index contributed by atoms with van der Waals surface area (Å²) in [6, 6.07) is 4.97. The lowest BCUT2D eigenvalue weighted by Crippen LogP contribution is -2.53. The van der Waals surface area contributed by atoms with Crippen LogP contribution in [0.5, 0.6) is 0 Å². The second kappa shape index (κ2) is 7.33. The Morgan fingerprint density at radius 2 is 1.96 bits per heavy atom. The van der Waals surface area contributed by atoms with Gasteiger partial charge in [0, 0.05) is 29.0 Å². The van der Waals surface area contributed by atoms with Crippen LogP contribution >= 0.6 is 15.9 Å². The fourth-order valence-corrected chi connectivity index (χ4v) is 5.48. The van der Waals surface area contributed by atoms with Crippen molar-refractivity contribution in [2.75, 3.05) is 31.6 Å². The molecule has 148 valence electrons. The van der Waals surface area contributed by atoms with Gasteiger partial charge in [0.2, 0.25) is 5.76 Å². The average molecular weight is 445 g/mol. The Kier molecular flexibility index (Phi) is 4.82. The smallest absolute Gasteiger partial charge is 0.204 e. The highest BCUT2D eigenvalue weighted by atomic mass is 79.9. The molecule has 2 saturated heterocycles. The third kappa shape index (κ3) is 3.32. The molecule has 2 aromatic rings. The maximum atomic E-state index is 9.03. The van der Waals surface area contributed by atoms with E-state index >= 15 is 0 Å². The maximum Gasteiger partial charge on any atom is 0.204 e. The lowest BCUT2D eigenvalue weighted by atomic mass is 9.76. The van der Waals surface area contributed by atoms with Gasteiger partial charge in [0.25, 0.3) is 0 Å². The zero-order valence-corrected chi connectivity index (χ0v) is 17.5. The molecule has 0 bridgehead atoms. The van der Waals surface area contributed by atoms with Gasteiger partial charge in [-0.1, -0.05) is 0 Å². The summed E-state index contributed by atoms with van der Waals surface area (Å²) >= 11 is 3.64. The molecule has 0 unspecified atom stereocenters. The first-order valence-electron chi connectivity index (χ1n) is 10.2. The molecule has 1 spiro atoms. The first-order chi connectivity index (χ1) is 13.7. The molecule has 0 radical (unpaired) electrons. The van der Waals surface area contributed by atoms with Crippen molar-refractivity contribution in [1.82, 2.24) is 9.88 Å². The summed E-state index contributed by atoms with van der Waals surface area (Å²) in [4.78, 5) is 7.22. The standard InChI is InChI=1S/C21H25BrN4O2/c22-19-17-9-16(10-23)28-18(17)11-24-20(19)25-14-1-3-15(4-2-14)26-7-5-21(6-8-26)12-27-13-21/h9,11,14-15H,1-8,12-13H2,(H,24,25). The Bertz CT molecular complexity index is 899. The number of halogens is 1. The van der Waals surface area contributed by atoms with Crippen LogP contribution in [0.2, 0.25) is 0 Å². The van der Waals surface area contributed by atoms with E-state index in [-0.39, 0.29) is 0 Å². The predicted octanol–water partition coefficient (Wildman–Crippen LogP) is 4.30. The Morgan fingerprint density at radius 1 is 1.21 bits per heavy atom. The molecule has 0 atom stereocenters. The van der Waals surface area contributed by atoms with Crippen molar-refractivity contribution < 1.29 is 9.15 Å². The number of anilines is 1.